The summed E-state index contributed by atoms with van der Waals surface area (Å²) < 4.78 is 0. The molecule has 0 aromatic carbocycles. The number of hydrogen-bond acceptors (Lipinski definition) is 2. The molecular formula is C21H46ClNO. The number of halogens is 1. The molecule has 0 spiro atoms. The lowest BCUT2D eigenvalue weighted by Gasteiger charge is -2.13. The Kier molecular flexibility index (Phi) is 23.4. The number of rotatable bonds is 18. The Balaban J connectivity index is 0. The molecule has 0 saturated carbocycles. The maximum absolute atomic E-state index is 9.62. The molecule has 0 fully saturated rings. The van der Waals surface area contributed by atoms with Gasteiger partial charge in [-0.05, 0) is 13.3 Å². The normalized spacial score (nSPS) is 13.5. The van der Waals surface area contributed by atoms with Crippen LogP contribution in [-0.2, 0) is 0 Å². The predicted octanol–water partition coefficient (Wildman–Crippen LogP) is 6.77. The van der Waals surface area contributed by atoms with E-state index in [0.29, 0.717) is 0 Å². The first kappa shape index (κ1) is 26.4. The molecule has 2 nitrogen and oxygen atoms in total. The van der Waals surface area contributed by atoms with Crippen LogP contribution < -0.4 is 5.73 Å². The maximum atomic E-state index is 9.62. The summed E-state index contributed by atoms with van der Waals surface area (Å²) in [6.45, 7) is 4.17. The highest BCUT2D eigenvalue weighted by Crippen LogP contribution is 2.14. The summed E-state index contributed by atoms with van der Waals surface area (Å²) in [4.78, 5) is 0. The van der Waals surface area contributed by atoms with E-state index in [1.165, 1.54) is 96.3 Å². The molecule has 2 atom stereocenters. The molecular weight excluding hydrogens is 318 g/mol. The second-order valence-corrected chi connectivity index (χ2v) is 7.52. The van der Waals surface area contributed by atoms with E-state index in [4.69, 9.17) is 5.73 Å². The van der Waals surface area contributed by atoms with Crippen LogP contribution in [0.3, 0.4) is 0 Å². The molecule has 0 aliphatic rings. The Morgan fingerprint density at radius 2 is 0.917 bits per heavy atom. The molecule has 0 aliphatic heterocycles. The van der Waals surface area contributed by atoms with E-state index in [1.807, 2.05) is 6.92 Å². The van der Waals surface area contributed by atoms with Crippen LogP contribution in [0.2, 0.25) is 0 Å². The molecule has 0 aromatic rings. The van der Waals surface area contributed by atoms with Gasteiger partial charge in [0.15, 0.2) is 0 Å². The van der Waals surface area contributed by atoms with Crippen LogP contribution in [0.25, 0.3) is 0 Å². The van der Waals surface area contributed by atoms with Gasteiger partial charge in [0, 0.05) is 6.04 Å². The maximum Gasteiger partial charge on any atom is 0.0688 e. The summed E-state index contributed by atoms with van der Waals surface area (Å²) >= 11 is 0. The van der Waals surface area contributed by atoms with Gasteiger partial charge in [-0.3, -0.25) is 0 Å². The van der Waals surface area contributed by atoms with Crippen molar-refractivity contribution in [2.45, 2.75) is 135 Å². The van der Waals surface area contributed by atoms with E-state index in [0.717, 1.165) is 12.8 Å². The number of hydrogen-bond donors (Lipinski definition) is 2. The van der Waals surface area contributed by atoms with Crippen LogP contribution >= 0.6 is 12.4 Å². The highest BCUT2D eigenvalue weighted by atomic mass is 35.5. The lowest BCUT2D eigenvalue weighted by Crippen LogP contribution is -2.31. The van der Waals surface area contributed by atoms with Gasteiger partial charge in [-0.25, -0.2) is 0 Å². The van der Waals surface area contributed by atoms with Gasteiger partial charge in [0.05, 0.1) is 6.10 Å². The second-order valence-electron chi connectivity index (χ2n) is 7.52. The standard InChI is InChI=1S/C21H45NO.ClH/c1-3-4-5-6-7-8-9-10-11-12-13-14-15-16-17-18-19-21(23)20(2)22;/h20-21,23H,3-19,22H2,1-2H3;1H/t20-,21+;/m0./s1. The summed E-state index contributed by atoms with van der Waals surface area (Å²) in [5.41, 5.74) is 5.65. The van der Waals surface area contributed by atoms with Crippen molar-refractivity contribution in [3.05, 3.63) is 0 Å². The van der Waals surface area contributed by atoms with Crippen molar-refractivity contribution in [3.63, 3.8) is 0 Å². The molecule has 0 heterocycles. The number of aliphatic hydroxyl groups is 1. The van der Waals surface area contributed by atoms with Gasteiger partial charge < -0.3 is 10.8 Å². The van der Waals surface area contributed by atoms with E-state index in [2.05, 4.69) is 6.92 Å². The van der Waals surface area contributed by atoms with Crippen LogP contribution in [0.15, 0.2) is 0 Å². The highest BCUT2D eigenvalue weighted by molar-refractivity contribution is 5.85. The second kappa shape index (κ2) is 21.3. The summed E-state index contributed by atoms with van der Waals surface area (Å²) in [5, 5.41) is 9.62. The predicted molar refractivity (Wildman–Crippen MR) is 111 cm³/mol. The Bertz CT molecular complexity index is 224. The van der Waals surface area contributed by atoms with Crippen molar-refractivity contribution in [2.24, 2.45) is 5.73 Å². The molecule has 148 valence electrons. The average Bonchev–Trinajstić information content (AvgIpc) is 2.54. The smallest absolute Gasteiger partial charge is 0.0688 e. The van der Waals surface area contributed by atoms with Crippen molar-refractivity contribution in [3.8, 4) is 0 Å². The highest BCUT2D eigenvalue weighted by Gasteiger charge is 2.07. The minimum Gasteiger partial charge on any atom is -0.392 e. The van der Waals surface area contributed by atoms with Crippen LogP contribution in [0, 0.1) is 0 Å². The zero-order valence-electron chi connectivity index (χ0n) is 16.6. The van der Waals surface area contributed by atoms with E-state index < -0.39 is 0 Å². The van der Waals surface area contributed by atoms with Gasteiger partial charge in [0.2, 0.25) is 0 Å². The Morgan fingerprint density at radius 1 is 0.625 bits per heavy atom. The largest absolute Gasteiger partial charge is 0.392 e. The Labute approximate surface area is 158 Å². The van der Waals surface area contributed by atoms with Crippen molar-refractivity contribution < 1.29 is 5.11 Å². The van der Waals surface area contributed by atoms with Crippen LogP contribution in [0.5, 0.6) is 0 Å². The van der Waals surface area contributed by atoms with Crippen molar-refractivity contribution >= 4 is 12.4 Å². The third-order valence-electron chi connectivity index (χ3n) is 4.96. The SMILES string of the molecule is CCCCCCCCCCCCCCCCCC[C@@H](O)[C@H](C)N.Cl. The van der Waals surface area contributed by atoms with Gasteiger partial charge in [-0.1, -0.05) is 110 Å². The molecule has 0 amide bonds. The van der Waals surface area contributed by atoms with Crippen molar-refractivity contribution in [1.82, 2.24) is 0 Å². The van der Waals surface area contributed by atoms with Crippen molar-refractivity contribution in [2.75, 3.05) is 0 Å². The summed E-state index contributed by atoms with van der Waals surface area (Å²) in [7, 11) is 0. The number of aliphatic hydroxyl groups excluding tert-OH is 1. The average molecular weight is 364 g/mol. The van der Waals surface area contributed by atoms with Crippen LogP contribution in [0.4, 0.5) is 0 Å². The fraction of sp³-hybridized carbons (Fsp3) is 1.00. The van der Waals surface area contributed by atoms with E-state index >= 15 is 0 Å². The molecule has 0 rings (SSSR count). The topological polar surface area (TPSA) is 46.2 Å². The van der Waals surface area contributed by atoms with Gasteiger partial charge >= 0.3 is 0 Å². The Morgan fingerprint density at radius 3 is 1.21 bits per heavy atom. The van der Waals surface area contributed by atoms with Crippen LogP contribution in [0.1, 0.15) is 123 Å². The summed E-state index contributed by atoms with van der Waals surface area (Å²) in [5.74, 6) is 0. The Hall–Kier alpha value is 0.210. The first-order valence-corrected chi connectivity index (χ1v) is 10.6. The van der Waals surface area contributed by atoms with Crippen molar-refractivity contribution in [1.29, 1.82) is 0 Å². The van der Waals surface area contributed by atoms with E-state index in [-0.39, 0.29) is 24.6 Å². The number of nitrogens with two attached hydrogens (primary N) is 1. The fourth-order valence-electron chi connectivity index (χ4n) is 3.16. The number of unbranched alkanes of at least 4 members (excludes halogenated alkanes) is 15. The monoisotopic (exact) mass is 363 g/mol. The third kappa shape index (κ3) is 20.3. The zero-order chi connectivity index (χ0) is 17.2. The van der Waals surface area contributed by atoms with Gasteiger partial charge in [0.1, 0.15) is 0 Å². The van der Waals surface area contributed by atoms with Gasteiger partial charge in [-0.2, -0.15) is 0 Å². The molecule has 0 bridgehead atoms. The molecule has 3 N–H and O–H groups in total. The molecule has 0 unspecified atom stereocenters. The lowest BCUT2D eigenvalue weighted by molar-refractivity contribution is 0.138. The quantitative estimate of drug-likeness (QED) is 0.264. The molecule has 3 heteroatoms. The lowest BCUT2D eigenvalue weighted by atomic mass is 10.0. The van der Waals surface area contributed by atoms with Gasteiger partial charge in [-0.15, -0.1) is 12.4 Å². The van der Waals surface area contributed by atoms with Crippen LogP contribution in [-0.4, -0.2) is 17.3 Å². The molecule has 24 heavy (non-hydrogen) atoms. The molecule has 0 saturated heterocycles. The molecule has 0 aliphatic carbocycles. The van der Waals surface area contributed by atoms with Gasteiger partial charge in [0.25, 0.3) is 0 Å². The molecule has 0 aromatic heterocycles. The minimum atomic E-state index is -0.304. The first-order chi connectivity index (χ1) is 11.2. The zero-order valence-corrected chi connectivity index (χ0v) is 17.4. The molecule has 0 radical (unpaired) electrons. The fourth-order valence-corrected chi connectivity index (χ4v) is 3.16. The first-order valence-electron chi connectivity index (χ1n) is 10.6. The van der Waals surface area contributed by atoms with E-state index in [1.54, 1.807) is 0 Å². The van der Waals surface area contributed by atoms with E-state index in [9.17, 15) is 5.11 Å². The third-order valence-corrected chi connectivity index (χ3v) is 4.96. The minimum absolute atomic E-state index is 0. The summed E-state index contributed by atoms with van der Waals surface area (Å²) in [6, 6.07) is -0.0775. The summed E-state index contributed by atoms with van der Waals surface area (Å²) in [6.07, 6.45) is 22.8.